The minimum atomic E-state index is -0.267. The summed E-state index contributed by atoms with van der Waals surface area (Å²) in [5.41, 5.74) is 2.67. The highest BCUT2D eigenvalue weighted by molar-refractivity contribution is 5.94. The van der Waals surface area contributed by atoms with E-state index in [1.54, 1.807) is 6.20 Å². The number of aromatic nitrogens is 4. The Kier molecular flexibility index (Phi) is 3.83. The summed E-state index contributed by atoms with van der Waals surface area (Å²) in [6.07, 6.45) is 7.60. The summed E-state index contributed by atoms with van der Waals surface area (Å²) in [4.78, 5) is 17.2. The molecular formula is C18H24N5O2+. The zero-order valence-corrected chi connectivity index (χ0v) is 14.8. The third kappa shape index (κ3) is 2.72. The van der Waals surface area contributed by atoms with Crippen molar-refractivity contribution in [1.29, 1.82) is 0 Å². The first-order valence-electron chi connectivity index (χ1n) is 8.84. The number of aliphatic hydroxyl groups excluding tert-OH is 1. The van der Waals surface area contributed by atoms with E-state index < -0.39 is 0 Å². The van der Waals surface area contributed by atoms with Crippen LogP contribution < -0.4 is 9.88 Å². The number of aryl methyl sites for hydroxylation is 1. The number of aliphatic hydroxyl groups is 1. The van der Waals surface area contributed by atoms with Gasteiger partial charge in [0, 0.05) is 11.5 Å². The molecule has 2 N–H and O–H groups in total. The molecule has 4 rings (SSSR count). The lowest BCUT2D eigenvalue weighted by Crippen LogP contribution is -2.41. The van der Waals surface area contributed by atoms with Crippen molar-refractivity contribution in [1.82, 2.24) is 20.1 Å². The Hall–Kier alpha value is -2.28. The second-order valence-electron chi connectivity index (χ2n) is 7.52. The van der Waals surface area contributed by atoms with Gasteiger partial charge in [-0.05, 0) is 24.7 Å². The lowest BCUT2D eigenvalue weighted by Gasteiger charge is -2.19. The maximum absolute atomic E-state index is 12.8. The summed E-state index contributed by atoms with van der Waals surface area (Å²) in [7, 11) is 1.94. The molecule has 2 aromatic heterocycles. The van der Waals surface area contributed by atoms with Gasteiger partial charge in [-0.25, -0.2) is 14.2 Å². The van der Waals surface area contributed by atoms with Gasteiger partial charge in [-0.1, -0.05) is 13.8 Å². The van der Waals surface area contributed by atoms with Crippen LogP contribution in [0.2, 0.25) is 0 Å². The monoisotopic (exact) mass is 342 g/mol. The molecule has 7 heteroatoms. The molecule has 0 bridgehead atoms. The molecule has 0 spiro atoms. The number of fused-ring (bicyclic) bond motifs is 3. The van der Waals surface area contributed by atoms with Crippen LogP contribution in [0, 0.1) is 11.8 Å². The molecule has 0 saturated heterocycles. The molecule has 2 aliphatic carbocycles. The largest absolute Gasteiger partial charge is 0.394 e. The van der Waals surface area contributed by atoms with Crippen molar-refractivity contribution < 1.29 is 14.5 Å². The van der Waals surface area contributed by atoms with E-state index in [1.807, 2.05) is 42.5 Å². The quantitative estimate of drug-likeness (QED) is 0.775. The second-order valence-corrected chi connectivity index (χ2v) is 7.52. The number of carbonyl (C=O) groups excluding carboxylic acids is 1. The first-order valence-corrected chi connectivity index (χ1v) is 8.84. The smallest absolute Gasteiger partial charge is 0.272 e. The van der Waals surface area contributed by atoms with Gasteiger partial charge in [0.05, 0.1) is 24.5 Å². The van der Waals surface area contributed by atoms with Crippen molar-refractivity contribution in [3.63, 3.8) is 0 Å². The molecule has 2 aliphatic rings. The molecular weight excluding hydrogens is 318 g/mol. The van der Waals surface area contributed by atoms with E-state index in [9.17, 15) is 9.90 Å². The fourth-order valence-electron chi connectivity index (χ4n) is 3.72. The molecule has 0 aliphatic heterocycles. The summed E-state index contributed by atoms with van der Waals surface area (Å²) >= 11 is 0. The Morgan fingerprint density at radius 1 is 1.52 bits per heavy atom. The van der Waals surface area contributed by atoms with E-state index in [2.05, 4.69) is 15.4 Å². The van der Waals surface area contributed by atoms with Gasteiger partial charge in [0.1, 0.15) is 7.05 Å². The minimum Gasteiger partial charge on any atom is -0.394 e. The molecule has 0 radical (unpaired) electrons. The first kappa shape index (κ1) is 16.2. The maximum Gasteiger partial charge on any atom is 0.272 e. The Morgan fingerprint density at radius 2 is 2.32 bits per heavy atom. The summed E-state index contributed by atoms with van der Waals surface area (Å²) in [6.45, 7) is 3.88. The van der Waals surface area contributed by atoms with Crippen molar-refractivity contribution >= 4 is 5.91 Å². The first-order chi connectivity index (χ1) is 12.0. The zero-order valence-electron chi connectivity index (χ0n) is 14.8. The molecule has 7 nitrogen and oxygen atoms in total. The van der Waals surface area contributed by atoms with Gasteiger partial charge in [-0.2, -0.15) is 5.10 Å². The average Bonchev–Trinajstić information content (AvgIpc) is 3.08. The topological polar surface area (TPSA) is 83.9 Å². The Morgan fingerprint density at radius 3 is 3.00 bits per heavy atom. The SMILES string of the molecule is CC(C)C(CO)NC(=O)c1nn(-c2c[n+](C)ccn2)c2c1CC1CC21. The highest BCUT2D eigenvalue weighted by Gasteiger charge is 2.50. The Bertz CT molecular complexity index is 829. The molecule has 2 heterocycles. The van der Waals surface area contributed by atoms with Gasteiger partial charge in [0.2, 0.25) is 12.0 Å². The summed E-state index contributed by atoms with van der Waals surface area (Å²) in [5.74, 6) is 1.82. The number of amides is 1. The Labute approximate surface area is 146 Å². The molecule has 132 valence electrons. The van der Waals surface area contributed by atoms with E-state index in [1.165, 1.54) is 6.42 Å². The summed E-state index contributed by atoms with van der Waals surface area (Å²) in [5, 5.41) is 17.0. The number of hydrogen-bond donors (Lipinski definition) is 2. The van der Waals surface area contributed by atoms with Gasteiger partial charge >= 0.3 is 0 Å². The van der Waals surface area contributed by atoms with Crippen molar-refractivity contribution in [2.45, 2.75) is 38.6 Å². The highest BCUT2D eigenvalue weighted by Crippen LogP contribution is 2.57. The lowest BCUT2D eigenvalue weighted by atomic mass is 10.0. The predicted octanol–water partition coefficient (Wildman–Crippen LogP) is 0.498. The number of nitrogens with one attached hydrogen (secondary N) is 1. The maximum atomic E-state index is 12.8. The molecule has 1 saturated carbocycles. The molecule has 1 fully saturated rings. The van der Waals surface area contributed by atoms with Crippen LogP contribution in [0.3, 0.4) is 0 Å². The number of carbonyl (C=O) groups is 1. The van der Waals surface area contributed by atoms with Crippen LogP contribution in [0.1, 0.15) is 47.9 Å². The minimum absolute atomic E-state index is 0.0758. The molecule has 3 unspecified atom stereocenters. The Balaban J connectivity index is 1.72. The van der Waals surface area contributed by atoms with Crippen LogP contribution in [0.5, 0.6) is 0 Å². The van der Waals surface area contributed by atoms with Crippen LogP contribution in [-0.4, -0.2) is 38.4 Å². The number of nitrogens with zero attached hydrogens (tertiary/aromatic N) is 4. The van der Waals surface area contributed by atoms with Crippen LogP contribution in [-0.2, 0) is 13.5 Å². The lowest BCUT2D eigenvalue weighted by molar-refractivity contribution is -0.671. The third-order valence-electron chi connectivity index (χ3n) is 5.34. The van der Waals surface area contributed by atoms with E-state index in [-0.39, 0.29) is 24.5 Å². The van der Waals surface area contributed by atoms with Crippen LogP contribution in [0.4, 0.5) is 0 Å². The summed E-state index contributed by atoms with van der Waals surface area (Å²) in [6, 6.07) is -0.267. The van der Waals surface area contributed by atoms with Crippen LogP contribution in [0.25, 0.3) is 5.82 Å². The fraction of sp³-hybridized carbons (Fsp3) is 0.556. The van der Waals surface area contributed by atoms with Crippen LogP contribution >= 0.6 is 0 Å². The van der Waals surface area contributed by atoms with Crippen molar-refractivity contribution in [2.75, 3.05) is 6.61 Å². The number of rotatable bonds is 5. The van der Waals surface area contributed by atoms with Crippen molar-refractivity contribution in [2.24, 2.45) is 18.9 Å². The third-order valence-corrected chi connectivity index (χ3v) is 5.34. The van der Waals surface area contributed by atoms with E-state index in [4.69, 9.17) is 0 Å². The second kappa shape index (κ2) is 5.91. The summed E-state index contributed by atoms with van der Waals surface area (Å²) < 4.78 is 3.77. The molecule has 3 atom stereocenters. The highest BCUT2D eigenvalue weighted by atomic mass is 16.3. The van der Waals surface area contributed by atoms with E-state index >= 15 is 0 Å². The standard InChI is InChI=1S/C18H23N5O2/c1-10(2)14(9-24)20-18(25)16-13-7-11-6-12(11)17(13)23(21-16)15-8-22(3)5-4-19-15/h4-5,8,10-12,14,24H,6-7,9H2,1-3H3/p+1. The van der Waals surface area contributed by atoms with Gasteiger partial charge in [0.15, 0.2) is 11.9 Å². The van der Waals surface area contributed by atoms with Gasteiger partial charge in [-0.3, -0.25) is 4.79 Å². The zero-order chi connectivity index (χ0) is 17.7. The molecule has 0 aromatic carbocycles. The van der Waals surface area contributed by atoms with Gasteiger partial charge < -0.3 is 10.4 Å². The van der Waals surface area contributed by atoms with Gasteiger partial charge in [0.25, 0.3) is 5.91 Å². The molecule has 25 heavy (non-hydrogen) atoms. The average molecular weight is 342 g/mol. The number of hydrogen-bond acceptors (Lipinski definition) is 4. The van der Waals surface area contributed by atoms with Crippen molar-refractivity contribution in [3.8, 4) is 5.82 Å². The molecule has 2 aromatic rings. The van der Waals surface area contributed by atoms with E-state index in [0.29, 0.717) is 17.5 Å². The van der Waals surface area contributed by atoms with E-state index in [0.717, 1.165) is 23.5 Å². The normalized spacial score (nSPS) is 21.8. The van der Waals surface area contributed by atoms with Crippen LogP contribution in [0.15, 0.2) is 18.6 Å². The predicted molar refractivity (Wildman–Crippen MR) is 90.3 cm³/mol. The molecule has 1 amide bonds. The fourth-order valence-corrected chi connectivity index (χ4v) is 3.72. The van der Waals surface area contributed by atoms with Gasteiger partial charge in [-0.15, -0.1) is 0 Å². The van der Waals surface area contributed by atoms with Crippen molar-refractivity contribution in [3.05, 3.63) is 35.5 Å².